The van der Waals surface area contributed by atoms with Crippen LogP contribution in [0.4, 0.5) is 0 Å². The van der Waals surface area contributed by atoms with Crippen molar-refractivity contribution in [1.29, 1.82) is 0 Å². The van der Waals surface area contributed by atoms with Gasteiger partial charge in [-0.05, 0) is 32.2 Å². The molecule has 1 aromatic heterocycles. The first-order valence-electron chi connectivity index (χ1n) is 5.02. The van der Waals surface area contributed by atoms with Gasteiger partial charge < -0.3 is 11.1 Å². The molecular weight excluding hydrogens is 244 g/mol. The number of halogens is 1. The Labute approximate surface area is 107 Å². The van der Waals surface area contributed by atoms with Crippen LogP contribution in [0, 0.1) is 0 Å². The lowest BCUT2D eigenvalue weighted by atomic mass is 10.0. The normalized spacial score (nSPS) is 12.8. The number of hydrogen-bond acceptors (Lipinski definition) is 3. The summed E-state index contributed by atoms with van der Waals surface area (Å²) in [4.78, 5) is 12.9. The van der Waals surface area contributed by atoms with Crippen molar-refractivity contribution in [2.24, 2.45) is 5.73 Å². The van der Waals surface area contributed by atoms with Gasteiger partial charge in [0.2, 0.25) is 5.91 Å². The average Bonchev–Trinajstić information content (AvgIpc) is 2.68. The van der Waals surface area contributed by atoms with Crippen LogP contribution in [0.15, 0.2) is 17.5 Å². The number of hydrogen-bond donors (Lipinski definition) is 2. The molecule has 0 radical (unpaired) electrons. The van der Waals surface area contributed by atoms with E-state index in [4.69, 9.17) is 5.73 Å². The molecule has 0 fully saturated rings. The predicted molar refractivity (Wildman–Crippen MR) is 71.3 cm³/mol. The van der Waals surface area contributed by atoms with Gasteiger partial charge in [0.25, 0.3) is 0 Å². The Balaban J connectivity index is 0.00000225. The van der Waals surface area contributed by atoms with E-state index in [0.29, 0.717) is 6.54 Å². The molecule has 1 amide bonds. The summed E-state index contributed by atoms with van der Waals surface area (Å²) >= 11 is 1.60. The van der Waals surface area contributed by atoms with Crippen LogP contribution >= 0.6 is 23.7 Å². The van der Waals surface area contributed by atoms with E-state index in [1.54, 1.807) is 11.3 Å². The third-order valence-electron chi connectivity index (χ3n) is 2.34. The second-order valence-electron chi connectivity index (χ2n) is 4.31. The minimum atomic E-state index is -0.331. The van der Waals surface area contributed by atoms with Crippen LogP contribution in [0.1, 0.15) is 31.6 Å². The van der Waals surface area contributed by atoms with E-state index in [-0.39, 0.29) is 29.8 Å². The number of nitrogens with one attached hydrogen (secondary N) is 1. The van der Waals surface area contributed by atoms with Crippen LogP contribution < -0.4 is 11.1 Å². The fourth-order valence-corrected chi connectivity index (χ4v) is 1.94. The van der Waals surface area contributed by atoms with Crippen molar-refractivity contribution in [3.05, 3.63) is 22.4 Å². The van der Waals surface area contributed by atoms with Crippen LogP contribution in [0.3, 0.4) is 0 Å². The molecule has 5 heteroatoms. The third-order valence-corrected chi connectivity index (χ3v) is 3.39. The second kappa shape index (κ2) is 6.23. The van der Waals surface area contributed by atoms with Crippen molar-refractivity contribution in [3.63, 3.8) is 0 Å². The SMILES string of the molecule is CC(C(=O)NC(C)(C)CN)c1cccs1.Cl. The summed E-state index contributed by atoms with van der Waals surface area (Å²) in [5.41, 5.74) is 5.23. The van der Waals surface area contributed by atoms with Gasteiger partial charge in [0.15, 0.2) is 0 Å². The molecule has 0 aliphatic rings. The Morgan fingerprint density at radius 3 is 2.69 bits per heavy atom. The van der Waals surface area contributed by atoms with Gasteiger partial charge in [-0.1, -0.05) is 6.07 Å². The maximum atomic E-state index is 11.9. The quantitative estimate of drug-likeness (QED) is 0.873. The van der Waals surface area contributed by atoms with Gasteiger partial charge in [0.1, 0.15) is 0 Å². The number of thiophene rings is 1. The molecule has 1 unspecified atom stereocenters. The van der Waals surface area contributed by atoms with Gasteiger partial charge in [-0.25, -0.2) is 0 Å². The van der Waals surface area contributed by atoms with Gasteiger partial charge in [-0.3, -0.25) is 4.79 Å². The second-order valence-corrected chi connectivity index (χ2v) is 5.29. The maximum Gasteiger partial charge on any atom is 0.228 e. The Morgan fingerprint density at radius 2 is 2.25 bits per heavy atom. The standard InChI is InChI=1S/C11H18N2OS.ClH/c1-8(9-5-4-6-15-9)10(14)13-11(2,3)7-12;/h4-6,8H,7,12H2,1-3H3,(H,13,14);1H. The summed E-state index contributed by atoms with van der Waals surface area (Å²) in [5.74, 6) is -0.0660. The molecule has 16 heavy (non-hydrogen) atoms. The molecule has 0 bridgehead atoms. The zero-order valence-electron chi connectivity index (χ0n) is 9.82. The molecule has 0 aliphatic carbocycles. The molecule has 1 rings (SSSR count). The van der Waals surface area contributed by atoms with Gasteiger partial charge in [0.05, 0.1) is 5.92 Å². The Bertz CT molecular complexity index is 325. The highest BCUT2D eigenvalue weighted by atomic mass is 35.5. The highest BCUT2D eigenvalue weighted by molar-refractivity contribution is 7.10. The summed E-state index contributed by atoms with van der Waals surface area (Å²) in [6.07, 6.45) is 0. The minimum Gasteiger partial charge on any atom is -0.349 e. The number of carbonyl (C=O) groups excluding carboxylic acids is 1. The number of amides is 1. The van der Waals surface area contributed by atoms with Crippen LogP contribution in [0.2, 0.25) is 0 Å². The van der Waals surface area contributed by atoms with E-state index in [9.17, 15) is 4.79 Å². The highest BCUT2D eigenvalue weighted by Crippen LogP contribution is 2.21. The van der Waals surface area contributed by atoms with Crippen LogP contribution in [-0.4, -0.2) is 18.0 Å². The molecule has 0 aromatic carbocycles. The lowest BCUT2D eigenvalue weighted by molar-refractivity contribution is -0.123. The largest absolute Gasteiger partial charge is 0.349 e. The molecular formula is C11H19ClN2OS. The number of carbonyl (C=O) groups is 1. The smallest absolute Gasteiger partial charge is 0.228 e. The molecule has 3 N–H and O–H groups in total. The molecule has 0 saturated heterocycles. The van der Waals surface area contributed by atoms with Crippen LogP contribution in [0.5, 0.6) is 0 Å². The van der Waals surface area contributed by atoms with Crippen molar-refractivity contribution in [2.45, 2.75) is 32.2 Å². The summed E-state index contributed by atoms with van der Waals surface area (Å²) in [7, 11) is 0. The number of rotatable bonds is 4. The van der Waals surface area contributed by atoms with Gasteiger partial charge >= 0.3 is 0 Å². The molecule has 1 atom stereocenters. The monoisotopic (exact) mass is 262 g/mol. The molecule has 1 heterocycles. The Morgan fingerprint density at radius 1 is 1.62 bits per heavy atom. The first-order valence-corrected chi connectivity index (χ1v) is 5.90. The molecule has 0 aliphatic heterocycles. The fraction of sp³-hybridized carbons (Fsp3) is 0.545. The number of nitrogens with two attached hydrogens (primary N) is 1. The maximum absolute atomic E-state index is 11.9. The fourth-order valence-electron chi connectivity index (χ4n) is 1.16. The Kier molecular flexibility index (Phi) is 6.00. The van der Waals surface area contributed by atoms with Gasteiger partial charge in [-0.15, -0.1) is 23.7 Å². The molecule has 92 valence electrons. The lowest BCUT2D eigenvalue weighted by Crippen LogP contribution is -2.50. The highest BCUT2D eigenvalue weighted by Gasteiger charge is 2.23. The molecule has 1 aromatic rings. The zero-order chi connectivity index (χ0) is 11.5. The van der Waals surface area contributed by atoms with Crippen molar-refractivity contribution in [1.82, 2.24) is 5.32 Å². The topological polar surface area (TPSA) is 55.1 Å². The zero-order valence-corrected chi connectivity index (χ0v) is 11.5. The van der Waals surface area contributed by atoms with Crippen molar-refractivity contribution < 1.29 is 4.79 Å². The van der Waals surface area contributed by atoms with Crippen molar-refractivity contribution in [3.8, 4) is 0 Å². The summed E-state index contributed by atoms with van der Waals surface area (Å²) in [5, 5.41) is 4.92. The van der Waals surface area contributed by atoms with E-state index < -0.39 is 0 Å². The van der Waals surface area contributed by atoms with E-state index >= 15 is 0 Å². The summed E-state index contributed by atoms with van der Waals surface area (Å²) < 4.78 is 0. The third kappa shape index (κ3) is 4.12. The first kappa shape index (κ1) is 15.4. The van der Waals surface area contributed by atoms with Crippen molar-refractivity contribution >= 4 is 29.7 Å². The van der Waals surface area contributed by atoms with E-state index in [1.165, 1.54) is 0 Å². The predicted octanol–water partition coefficient (Wildman–Crippen LogP) is 2.13. The van der Waals surface area contributed by atoms with E-state index in [1.807, 2.05) is 38.3 Å². The summed E-state index contributed by atoms with van der Waals surface area (Å²) in [6.45, 7) is 6.20. The molecule has 0 saturated carbocycles. The summed E-state index contributed by atoms with van der Waals surface area (Å²) in [6, 6.07) is 3.93. The molecule has 0 spiro atoms. The van der Waals surface area contributed by atoms with E-state index in [2.05, 4.69) is 5.32 Å². The first-order chi connectivity index (χ1) is 6.96. The van der Waals surface area contributed by atoms with Gasteiger partial charge in [0, 0.05) is 17.0 Å². The van der Waals surface area contributed by atoms with Crippen LogP contribution in [0.25, 0.3) is 0 Å². The minimum absolute atomic E-state index is 0. The lowest BCUT2D eigenvalue weighted by Gasteiger charge is -2.25. The Hall–Kier alpha value is -0.580. The van der Waals surface area contributed by atoms with E-state index in [0.717, 1.165) is 4.88 Å². The molecule has 3 nitrogen and oxygen atoms in total. The van der Waals surface area contributed by atoms with Crippen LogP contribution in [-0.2, 0) is 4.79 Å². The average molecular weight is 263 g/mol. The van der Waals surface area contributed by atoms with Crippen molar-refractivity contribution in [2.75, 3.05) is 6.54 Å². The van der Waals surface area contributed by atoms with Gasteiger partial charge in [-0.2, -0.15) is 0 Å².